The predicted octanol–water partition coefficient (Wildman–Crippen LogP) is 7.67. The SMILES string of the molecule is CCCCCCOC(=O)C=Cc1ccc(OC(F)(F)c2ccc(OCCCC(F)(F)F)cc2)cc1. The molecule has 0 aromatic heterocycles. The molecular formula is C26H29F5O4. The van der Waals surface area contributed by atoms with Gasteiger partial charge in [-0.3, -0.25) is 0 Å². The van der Waals surface area contributed by atoms with Gasteiger partial charge in [-0.05, 0) is 60.9 Å². The van der Waals surface area contributed by atoms with E-state index in [1.165, 1.54) is 48.6 Å². The van der Waals surface area contributed by atoms with E-state index in [2.05, 4.69) is 6.92 Å². The van der Waals surface area contributed by atoms with Crippen LogP contribution in [0.2, 0.25) is 0 Å². The lowest BCUT2D eigenvalue weighted by Gasteiger charge is -2.18. The first kappa shape index (κ1) is 28.1. The Morgan fingerprint density at radius 3 is 2.11 bits per heavy atom. The summed E-state index contributed by atoms with van der Waals surface area (Å²) in [6, 6.07) is 10.4. The van der Waals surface area contributed by atoms with E-state index >= 15 is 0 Å². The topological polar surface area (TPSA) is 44.8 Å². The van der Waals surface area contributed by atoms with Gasteiger partial charge in [0.1, 0.15) is 11.5 Å². The molecule has 0 aliphatic carbocycles. The van der Waals surface area contributed by atoms with Gasteiger partial charge < -0.3 is 14.2 Å². The van der Waals surface area contributed by atoms with Crippen LogP contribution < -0.4 is 9.47 Å². The Hall–Kier alpha value is -3.10. The van der Waals surface area contributed by atoms with E-state index < -0.39 is 30.2 Å². The van der Waals surface area contributed by atoms with Crippen LogP contribution in [0.4, 0.5) is 22.0 Å². The normalized spacial score (nSPS) is 12.1. The summed E-state index contributed by atoms with van der Waals surface area (Å²) < 4.78 is 80.5. The van der Waals surface area contributed by atoms with E-state index in [9.17, 15) is 26.7 Å². The minimum atomic E-state index is -4.26. The standard InChI is InChI=1S/C26H29F5O4/c1-2-3-4-5-18-34-24(32)16-9-20-7-12-23(13-8-20)35-26(30,31)21-10-14-22(15-11-21)33-19-6-17-25(27,28)29/h7-16H,2-6,17-19H2,1H3. The van der Waals surface area contributed by atoms with Crippen molar-refractivity contribution >= 4 is 12.0 Å². The average Bonchev–Trinajstić information content (AvgIpc) is 2.81. The lowest BCUT2D eigenvalue weighted by molar-refractivity contribution is -0.185. The first-order valence-electron chi connectivity index (χ1n) is 11.4. The van der Waals surface area contributed by atoms with Crippen LogP contribution in [0.1, 0.15) is 56.6 Å². The number of unbranched alkanes of at least 4 members (excludes halogenated alkanes) is 3. The van der Waals surface area contributed by atoms with Crippen molar-refractivity contribution < 1.29 is 41.0 Å². The third kappa shape index (κ3) is 11.2. The number of hydrogen-bond donors (Lipinski definition) is 0. The smallest absolute Gasteiger partial charge is 0.426 e. The van der Waals surface area contributed by atoms with Gasteiger partial charge in [-0.25, -0.2) is 4.79 Å². The quantitative estimate of drug-likeness (QED) is 0.116. The minimum Gasteiger partial charge on any atom is -0.494 e. The Balaban J connectivity index is 1.83. The number of carbonyl (C=O) groups is 1. The maximum atomic E-state index is 14.5. The molecule has 0 aliphatic heterocycles. The molecule has 9 heteroatoms. The van der Waals surface area contributed by atoms with E-state index in [-0.39, 0.29) is 24.5 Å². The second-order valence-electron chi connectivity index (χ2n) is 7.84. The lowest BCUT2D eigenvalue weighted by atomic mass is 10.2. The van der Waals surface area contributed by atoms with Crippen molar-refractivity contribution in [2.24, 2.45) is 0 Å². The van der Waals surface area contributed by atoms with Gasteiger partial charge in [0, 0.05) is 12.5 Å². The van der Waals surface area contributed by atoms with Crippen LogP contribution in [-0.4, -0.2) is 25.4 Å². The number of rotatable bonds is 14. The summed E-state index contributed by atoms with van der Waals surface area (Å²) in [6.07, 6.45) is -2.32. The molecule has 0 saturated carbocycles. The van der Waals surface area contributed by atoms with Crippen LogP contribution in [0, 0.1) is 0 Å². The third-order valence-corrected chi connectivity index (χ3v) is 4.84. The van der Waals surface area contributed by atoms with Gasteiger partial charge in [0.15, 0.2) is 0 Å². The van der Waals surface area contributed by atoms with Crippen LogP contribution >= 0.6 is 0 Å². The largest absolute Gasteiger partial charge is 0.494 e. The van der Waals surface area contributed by atoms with Crippen molar-refractivity contribution in [1.29, 1.82) is 0 Å². The van der Waals surface area contributed by atoms with E-state index in [0.717, 1.165) is 37.8 Å². The molecular weight excluding hydrogens is 471 g/mol. The Bertz CT molecular complexity index is 922. The molecule has 0 heterocycles. The Kier molecular flexibility index (Phi) is 11.0. The first-order chi connectivity index (χ1) is 16.6. The maximum Gasteiger partial charge on any atom is 0.426 e. The van der Waals surface area contributed by atoms with Crippen LogP contribution in [0.5, 0.6) is 11.5 Å². The first-order valence-corrected chi connectivity index (χ1v) is 11.4. The number of esters is 1. The second kappa shape index (κ2) is 13.7. The zero-order chi connectivity index (χ0) is 25.7. The van der Waals surface area contributed by atoms with Gasteiger partial charge in [0.05, 0.1) is 18.8 Å². The molecule has 0 N–H and O–H groups in total. The second-order valence-corrected chi connectivity index (χ2v) is 7.84. The average molecular weight is 501 g/mol. The molecule has 192 valence electrons. The molecule has 0 radical (unpaired) electrons. The fourth-order valence-corrected chi connectivity index (χ4v) is 2.98. The molecule has 35 heavy (non-hydrogen) atoms. The summed E-state index contributed by atoms with van der Waals surface area (Å²) in [4.78, 5) is 11.7. The monoisotopic (exact) mass is 500 g/mol. The molecule has 0 saturated heterocycles. The van der Waals surface area contributed by atoms with Crippen molar-refractivity contribution in [3.63, 3.8) is 0 Å². The van der Waals surface area contributed by atoms with Crippen molar-refractivity contribution in [3.8, 4) is 11.5 Å². The highest BCUT2D eigenvalue weighted by Gasteiger charge is 2.34. The maximum absolute atomic E-state index is 14.5. The summed E-state index contributed by atoms with van der Waals surface area (Å²) >= 11 is 0. The van der Waals surface area contributed by atoms with Gasteiger partial charge in [0.25, 0.3) is 0 Å². The van der Waals surface area contributed by atoms with Crippen LogP contribution in [0.25, 0.3) is 6.08 Å². The summed E-state index contributed by atoms with van der Waals surface area (Å²) in [5.41, 5.74) is 0.168. The molecule has 2 rings (SSSR count). The highest BCUT2D eigenvalue weighted by molar-refractivity contribution is 5.87. The van der Waals surface area contributed by atoms with E-state index in [0.29, 0.717) is 12.2 Å². The zero-order valence-electron chi connectivity index (χ0n) is 19.5. The van der Waals surface area contributed by atoms with E-state index in [1.807, 2.05) is 0 Å². The van der Waals surface area contributed by atoms with Crippen LogP contribution in [0.15, 0.2) is 54.6 Å². The number of halogens is 5. The van der Waals surface area contributed by atoms with Gasteiger partial charge in [-0.1, -0.05) is 38.3 Å². The number of alkyl halides is 5. The molecule has 2 aromatic carbocycles. The summed E-state index contributed by atoms with van der Waals surface area (Å²) in [7, 11) is 0. The van der Waals surface area contributed by atoms with Gasteiger partial charge >= 0.3 is 18.3 Å². The number of benzene rings is 2. The molecule has 2 aromatic rings. The fourth-order valence-electron chi connectivity index (χ4n) is 2.98. The molecule has 0 atom stereocenters. The summed E-state index contributed by atoms with van der Waals surface area (Å²) in [6.45, 7) is 2.27. The van der Waals surface area contributed by atoms with E-state index in [1.54, 1.807) is 0 Å². The van der Waals surface area contributed by atoms with Crippen molar-refractivity contribution in [3.05, 3.63) is 65.7 Å². The zero-order valence-corrected chi connectivity index (χ0v) is 19.5. The molecule has 0 unspecified atom stereocenters. The van der Waals surface area contributed by atoms with Gasteiger partial charge in [-0.15, -0.1) is 0 Å². The van der Waals surface area contributed by atoms with Crippen molar-refractivity contribution in [2.45, 2.75) is 57.7 Å². The van der Waals surface area contributed by atoms with Crippen molar-refractivity contribution in [2.75, 3.05) is 13.2 Å². The Labute approximate surface area is 201 Å². The van der Waals surface area contributed by atoms with E-state index in [4.69, 9.17) is 14.2 Å². The number of carbonyl (C=O) groups excluding carboxylic acids is 1. The molecule has 4 nitrogen and oxygen atoms in total. The third-order valence-electron chi connectivity index (χ3n) is 4.84. The summed E-state index contributed by atoms with van der Waals surface area (Å²) in [5, 5.41) is 0. The highest BCUT2D eigenvalue weighted by atomic mass is 19.4. The lowest BCUT2D eigenvalue weighted by Crippen LogP contribution is -2.21. The Morgan fingerprint density at radius 1 is 0.829 bits per heavy atom. The molecule has 0 aliphatic rings. The molecule has 0 amide bonds. The van der Waals surface area contributed by atoms with Crippen molar-refractivity contribution in [1.82, 2.24) is 0 Å². The summed E-state index contributed by atoms with van der Waals surface area (Å²) in [5.74, 6) is -0.374. The number of hydrogen-bond acceptors (Lipinski definition) is 4. The predicted molar refractivity (Wildman–Crippen MR) is 122 cm³/mol. The van der Waals surface area contributed by atoms with Gasteiger partial charge in [-0.2, -0.15) is 22.0 Å². The highest BCUT2D eigenvalue weighted by Crippen LogP contribution is 2.32. The molecule has 0 spiro atoms. The number of ether oxygens (including phenoxy) is 3. The van der Waals surface area contributed by atoms with Gasteiger partial charge in [0.2, 0.25) is 0 Å². The molecule has 0 bridgehead atoms. The van der Waals surface area contributed by atoms with Crippen LogP contribution in [0.3, 0.4) is 0 Å². The fraction of sp³-hybridized carbons (Fsp3) is 0.423. The minimum absolute atomic E-state index is 0.0851. The molecule has 0 fully saturated rings. The van der Waals surface area contributed by atoms with Crippen LogP contribution in [-0.2, 0) is 15.6 Å². The Morgan fingerprint density at radius 2 is 1.49 bits per heavy atom.